The number of rotatable bonds is 7. The Bertz CT molecular complexity index is 973. The molecule has 0 unspecified atom stereocenters. The lowest BCUT2D eigenvalue weighted by Crippen LogP contribution is -2.16. The van der Waals surface area contributed by atoms with E-state index in [9.17, 15) is 9.59 Å². The molecule has 1 heterocycles. The summed E-state index contributed by atoms with van der Waals surface area (Å²) in [5, 5.41) is 11.3. The quantitative estimate of drug-likeness (QED) is 0.561. The normalized spacial score (nSPS) is 10.2. The number of aromatic nitrogens is 1. The third-order valence-corrected chi connectivity index (χ3v) is 4.52. The highest BCUT2D eigenvalue weighted by Gasteiger charge is 2.12. The molecule has 0 aliphatic heterocycles. The Labute approximate surface area is 166 Å². The van der Waals surface area contributed by atoms with Gasteiger partial charge in [0.2, 0.25) is 11.8 Å². The molecule has 8 heteroatoms. The summed E-state index contributed by atoms with van der Waals surface area (Å²) in [4.78, 5) is 28.1. The largest absolute Gasteiger partial charge is 0.495 e. The maximum atomic E-state index is 12.4. The van der Waals surface area contributed by atoms with Gasteiger partial charge in [-0.25, -0.2) is 4.98 Å². The van der Waals surface area contributed by atoms with Gasteiger partial charge in [-0.3, -0.25) is 9.59 Å². The van der Waals surface area contributed by atoms with Gasteiger partial charge in [-0.2, -0.15) is 0 Å². The highest BCUT2D eigenvalue weighted by molar-refractivity contribution is 7.13. The van der Waals surface area contributed by atoms with E-state index in [-0.39, 0.29) is 18.2 Å². The van der Waals surface area contributed by atoms with Gasteiger partial charge in [-0.15, -0.1) is 11.3 Å². The van der Waals surface area contributed by atoms with E-state index in [0.29, 0.717) is 22.8 Å². The van der Waals surface area contributed by atoms with Crippen molar-refractivity contribution in [3.63, 3.8) is 0 Å². The van der Waals surface area contributed by atoms with Gasteiger partial charge in [0.15, 0.2) is 5.13 Å². The third kappa shape index (κ3) is 5.31. The number of hydrogen-bond donors (Lipinski definition) is 3. The Morgan fingerprint density at radius 3 is 2.57 bits per heavy atom. The number of carbonyl (C=O) groups is 2. The molecule has 144 valence electrons. The van der Waals surface area contributed by atoms with Crippen molar-refractivity contribution in [1.29, 1.82) is 0 Å². The Kier molecular flexibility index (Phi) is 6.23. The number of nitrogens with one attached hydrogen (secondary N) is 3. The molecule has 2 amide bonds. The van der Waals surface area contributed by atoms with E-state index in [1.807, 2.05) is 35.7 Å². The van der Waals surface area contributed by atoms with Gasteiger partial charge in [0.1, 0.15) is 5.75 Å². The average molecular weight is 396 g/mol. The van der Waals surface area contributed by atoms with Crippen molar-refractivity contribution in [2.45, 2.75) is 13.3 Å². The summed E-state index contributed by atoms with van der Waals surface area (Å²) >= 11 is 1.44. The summed E-state index contributed by atoms with van der Waals surface area (Å²) in [6, 6.07) is 14.8. The number of anilines is 4. The minimum absolute atomic E-state index is 0.125. The minimum atomic E-state index is -0.227. The zero-order valence-electron chi connectivity index (χ0n) is 15.5. The fourth-order valence-electron chi connectivity index (χ4n) is 2.54. The van der Waals surface area contributed by atoms with Crippen LogP contribution in [-0.4, -0.2) is 23.9 Å². The van der Waals surface area contributed by atoms with Crippen LogP contribution in [0.3, 0.4) is 0 Å². The molecule has 0 saturated heterocycles. The average Bonchev–Trinajstić information content (AvgIpc) is 3.09. The molecule has 28 heavy (non-hydrogen) atoms. The number of carbonyl (C=O) groups excluding carboxylic acids is 2. The van der Waals surface area contributed by atoms with Gasteiger partial charge in [0, 0.05) is 23.7 Å². The molecule has 2 aromatic carbocycles. The van der Waals surface area contributed by atoms with Crippen molar-refractivity contribution in [3.8, 4) is 5.75 Å². The van der Waals surface area contributed by atoms with Crippen LogP contribution < -0.4 is 20.7 Å². The summed E-state index contributed by atoms with van der Waals surface area (Å²) < 4.78 is 5.28. The van der Waals surface area contributed by atoms with Gasteiger partial charge >= 0.3 is 0 Å². The van der Waals surface area contributed by atoms with Crippen LogP contribution in [0, 0.1) is 0 Å². The molecule has 0 aliphatic carbocycles. The molecule has 3 N–H and O–H groups in total. The van der Waals surface area contributed by atoms with Gasteiger partial charge in [-0.1, -0.05) is 18.2 Å². The van der Waals surface area contributed by atoms with Gasteiger partial charge < -0.3 is 20.7 Å². The summed E-state index contributed by atoms with van der Waals surface area (Å²) in [5.41, 5.74) is 2.66. The molecule has 1 aromatic heterocycles. The van der Waals surface area contributed by atoms with Crippen molar-refractivity contribution >= 4 is 45.3 Å². The summed E-state index contributed by atoms with van der Waals surface area (Å²) in [7, 11) is 1.52. The fourth-order valence-corrected chi connectivity index (χ4v) is 3.27. The molecule has 7 nitrogen and oxygen atoms in total. The highest BCUT2D eigenvalue weighted by atomic mass is 32.1. The highest BCUT2D eigenvalue weighted by Crippen LogP contribution is 2.28. The molecule has 0 saturated carbocycles. The summed E-state index contributed by atoms with van der Waals surface area (Å²) in [5.74, 6) is 0.0883. The first-order chi connectivity index (χ1) is 13.5. The number of methoxy groups -OCH3 is 1. The molecule has 3 aromatic rings. The number of benzene rings is 2. The molecule has 0 bridgehead atoms. The molecule has 0 fully saturated rings. The molecular formula is C20H20N4O3S. The predicted octanol–water partition coefficient (Wildman–Crippen LogP) is 4.03. The summed E-state index contributed by atoms with van der Waals surface area (Å²) in [6.45, 7) is 1.42. The first-order valence-corrected chi connectivity index (χ1v) is 9.43. The molecular weight excluding hydrogens is 376 g/mol. The molecule has 0 radical (unpaired) electrons. The molecule has 0 spiro atoms. The maximum Gasteiger partial charge on any atom is 0.230 e. The van der Waals surface area contributed by atoms with Crippen molar-refractivity contribution in [1.82, 2.24) is 4.98 Å². The molecule has 0 aliphatic rings. The van der Waals surface area contributed by atoms with Crippen LogP contribution in [0.25, 0.3) is 0 Å². The van der Waals surface area contributed by atoms with E-state index in [2.05, 4.69) is 20.9 Å². The van der Waals surface area contributed by atoms with Crippen molar-refractivity contribution < 1.29 is 14.3 Å². The lowest BCUT2D eigenvalue weighted by molar-refractivity contribution is -0.116. The smallest absolute Gasteiger partial charge is 0.230 e. The maximum absolute atomic E-state index is 12.4. The van der Waals surface area contributed by atoms with E-state index >= 15 is 0 Å². The Balaban J connectivity index is 1.65. The van der Waals surface area contributed by atoms with Gasteiger partial charge in [-0.05, 0) is 30.3 Å². The van der Waals surface area contributed by atoms with Crippen LogP contribution in [0.2, 0.25) is 0 Å². The number of hydrogen-bond acceptors (Lipinski definition) is 6. The van der Waals surface area contributed by atoms with Crippen molar-refractivity contribution in [2.24, 2.45) is 0 Å². The topological polar surface area (TPSA) is 92.4 Å². The Morgan fingerprint density at radius 2 is 1.86 bits per heavy atom. The van der Waals surface area contributed by atoms with E-state index in [1.54, 1.807) is 18.2 Å². The number of amides is 2. The minimum Gasteiger partial charge on any atom is -0.495 e. The second kappa shape index (κ2) is 9.01. The fraction of sp³-hybridized carbons (Fsp3) is 0.150. The zero-order valence-corrected chi connectivity index (χ0v) is 16.3. The molecule has 0 atom stereocenters. The van der Waals surface area contributed by atoms with Crippen LogP contribution in [0.5, 0.6) is 5.75 Å². The van der Waals surface area contributed by atoms with Crippen LogP contribution >= 0.6 is 11.3 Å². The van der Waals surface area contributed by atoms with Crippen molar-refractivity contribution in [3.05, 3.63) is 59.6 Å². The summed E-state index contributed by atoms with van der Waals surface area (Å²) in [6.07, 6.45) is 0.125. The number of nitrogens with zero attached hydrogens (tertiary/aromatic N) is 1. The van der Waals surface area contributed by atoms with E-state index in [1.165, 1.54) is 25.4 Å². The Hall–Kier alpha value is -3.39. The monoisotopic (exact) mass is 396 g/mol. The number of ether oxygens (including phenoxy) is 1. The first-order valence-electron chi connectivity index (χ1n) is 8.55. The van der Waals surface area contributed by atoms with Crippen LogP contribution in [0.15, 0.2) is 53.9 Å². The van der Waals surface area contributed by atoms with Gasteiger partial charge in [0.05, 0.1) is 24.9 Å². The number of para-hydroxylation sites is 1. The van der Waals surface area contributed by atoms with E-state index in [4.69, 9.17) is 4.74 Å². The lowest BCUT2D eigenvalue weighted by Gasteiger charge is -2.12. The van der Waals surface area contributed by atoms with E-state index in [0.717, 1.165) is 10.8 Å². The standard InChI is InChI=1S/C20H20N4O3S/c1-13(25)21-15-8-9-18(27-2)17(10-15)24-19(26)11-16-12-28-20(23-16)22-14-6-4-3-5-7-14/h3-10,12H,11H2,1-2H3,(H,21,25)(H,22,23)(H,24,26). The van der Waals surface area contributed by atoms with E-state index < -0.39 is 0 Å². The van der Waals surface area contributed by atoms with Crippen molar-refractivity contribution in [2.75, 3.05) is 23.1 Å². The predicted molar refractivity (Wildman–Crippen MR) is 111 cm³/mol. The SMILES string of the molecule is COc1ccc(NC(C)=O)cc1NC(=O)Cc1csc(Nc2ccccc2)n1. The van der Waals surface area contributed by atoms with Crippen LogP contribution in [-0.2, 0) is 16.0 Å². The van der Waals surface area contributed by atoms with Gasteiger partial charge in [0.25, 0.3) is 0 Å². The number of thiazole rings is 1. The zero-order chi connectivity index (χ0) is 19.9. The molecule has 3 rings (SSSR count). The van der Waals surface area contributed by atoms with Crippen LogP contribution in [0.4, 0.5) is 22.2 Å². The third-order valence-electron chi connectivity index (χ3n) is 3.71. The van der Waals surface area contributed by atoms with Crippen LogP contribution in [0.1, 0.15) is 12.6 Å². The lowest BCUT2D eigenvalue weighted by atomic mass is 10.2. The second-order valence-corrected chi connectivity index (χ2v) is 6.81. The second-order valence-electron chi connectivity index (χ2n) is 5.96. The first kappa shape index (κ1) is 19.4. The Morgan fingerprint density at radius 1 is 1.07 bits per heavy atom.